The highest BCUT2D eigenvalue weighted by molar-refractivity contribution is 8.04. The van der Waals surface area contributed by atoms with E-state index in [2.05, 4.69) is 25.3 Å². The highest BCUT2D eigenvalue weighted by Crippen LogP contribution is 2.35. The number of thiocarbonyl (C=S) groups is 1. The van der Waals surface area contributed by atoms with Gasteiger partial charge in [-0.25, -0.2) is 9.67 Å². The van der Waals surface area contributed by atoms with Crippen LogP contribution in [-0.4, -0.2) is 44.0 Å². The zero-order chi connectivity index (χ0) is 29.0. The van der Waals surface area contributed by atoms with Gasteiger partial charge in [-0.1, -0.05) is 60.4 Å². The summed E-state index contributed by atoms with van der Waals surface area (Å²) in [6.45, 7) is 1.95. The molecule has 2 heterocycles. The van der Waals surface area contributed by atoms with E-state index in [-0.39, 0.29) is 11.7 Å². The van der Waals surface area contributed by atoms with Crippen LogP contribution in [0.2, 0.25) is 0 Å². The van der Waals surface area contributed by atoms with Crippen LogP contribution in [0.5, 0.6) is 5.75 Å². The maximum absolute atomic E-state index is 12.5. The molecule has 0 aliphatic carbocycles. The van der Waals surface area contributed by atoms with Gasteiger partial charge in [0.25, 0.3) is 0 Å². The fourth-order valence-electron chi connectivity index (χ4n) is 3.95. The molecule has 4 aromatic rings. The van der Waals surface area contributed by atoms with E-state index < -0.39 is 6.36 Å². The number of hydrazone groups is 1. The molecular weight excluding hydrogens is 573 g/mol. The highest BCUT2D eigenvalue weighted by Gasteiger charge is 2.31. The van der Waals surface area contributed by atoms with Gasteiger partial charge in [0.05, 0.1) is 28.4 Å². The van der Waals surface area contributed by atoms with Gasteiger partial charge in [-0.15, -0.1) is 18.3 Å². The predicted octanol–water partition coefficient (Wildman–Crippen LogP) is 6.01. The Morgan fingerprint density at radius 2 is 1.90 bits per heavy atom. The minimum atomic E-state index is -4.76. The number of benzene rings is 3. The van der Waals surface area contributed by atoms with Crippen LogP contribution in [0.1, 0.15) is 11.1 Å². The zero-order valence-electron chi connectivity index (χ0n) is 21.4. The van der Waals surface area contributed by atoms with Gasteiger partial charge in [-0.3, -0.25) is 15.1 Å². The van der Waals surface area contributed by atoms with Gasteiger partial charge >= 0.3 is 6.36 Å². The van der Waals surface area contributed by atoms with Gasteiger partial charge < -0.3 is 4.74 Å². The van der Waals surface area contributed by atoms with E-state index in [0.29, 0.717) is 27.8 Å². The number of alkyl halides is 3. The summed E-state index contributed by atoms with van der Waals surface area (Å²) in [5.74, 6) is 0.419. The topological polar surface area (TPSA) is 84.6 Å². The number of rotatable bonds is 7. The first-order chi connectivity index (χ1) is 19.7. The van der Waals surface area contributed by atoms with Crippen LogP contribution in [0.15, 0.2) is 95.3 Å². The van der Waals surface area contributed by atoms with Crippen molar-refractivity contribution < 1.29 is 22.7 Å². The first-order valence-corrected chi connectivity index (χ1v) is 13.5. The molecule has 41 heavy (non-hydrogen) atoms. The Morgan fingerprint density at radius 3 is 2.66 bits per heavy atom. The molecule has 8 nitrogen and oxygen atoms in total. The molecule has 0 unspecified atom stereocenters. The average Bonchev–Trinajstić information content (AvgIpc) is 3.56. The van der Waals surface area contributed by atoms with E-state index >= 15 is 0 Å². The Balaban J connectivity index is 1.24. The number of para-hydroxylation sites is 1. The number of nitrogens with zero attached hydrogens (tertiary/aromatic N) is 5. The Hall–Kier alpha value is -4.49. The molecule has 0 radical (unpaired) electrons. The lowest BCUT2D eigenvalue weighted by molar-refractivity contribution is -0.274. The normalized spacial score (nSPS) is 14.7. The van der Waals surface area contributed by atoms with E-state index in [4.69, 9.17) is 12.2 Å². The maximum atomic E-state index is 12.5. The summed E-state index contributed by atoms with van der Waals surface area (Å²) in [4.78, 5) is 18.9. The Bertz CT molecular complexity index is 1650. The SMILES string of the molecule is Cc1ccccc1N1C(=O)CS/C1=C\C(=S)N/N=C/c1cccc(-c2ncn(-c3ccc(OC(F)(F)F)cc3)n2)c1. The lowest BCUT2D eigenvalue weighted by Gasteiger charge is -2.19. The minimum Gasteiger partial charge on any atom is -0.406 e. The largest absolute Gasteiger partial charge is 0.573 e. The van der Waals surface area contributed by atoms with Crippen LogP contribution < -0.4 is 15.1 Å². The molecule has 3 aromatic carbocycles. The number of ether oxygens (including phenoxy) is 1. The molecule has 1 aliphatic heterocycles. The van der Waals surface area contributed by atoms with E-state index in [9.17, 15) is 18.0 Å². The van der Waals surface area contributed by atoms with Crippen LogP contribution in [0.25, 0.3) is 17.1 Å². The zero-order valence-corrected chi connectivity index (χ0v) is 23.0. The molecule has 0 saturated carbocycles. The summed E-state index contributed by atoms with van der Waals surface area (Å²) in [6.07, 6.45) is 0.0154. The lowest BCUT2D eigenvalue weighted by Crippen LogP contribution is -2.25. The number of halogens is 3. The van der Waals surface area contributed by atoms with Crippen LogP contribution in [-0.2, 0) is 4.79 Å². The maximum Gasteiger partial charge on any atom is 0.573 e. The van der Waals surface area contributed by atoms with Crippen molar-refractivity contribution in [3.05, 3.63) is 101 Å². The fraction of sp³-hybridized carbons (Fsp3) is 0.107. The molecule has 1 fully saturated rings. The van der Waals surface area contributed by atoms with Crippen LogP contribution in [0, 0.1) is 6.92 Å². The molecule has 13 heteroatoms. The van der Waals surface area contributed by atoms with Crippen molar-refractivity contribution >= 4 is 46.8 Å². The number of carbonyl (C=O) groups is 1. The van der Waals surface area contributed by atoms with E-state index in [1.165, 1.54) is 47.0 Å². The predicted molar refractivity (Wildman–Crippen MR) is 156 cm³/mol. The van der Waals surface area contributed by atoms with Gasteiger partial charge in [0.2, 0.25) is 5.91 Å². The summed E-state index contributed by atoms with van der Waals surface area (Å²) >= 11 is 6.84. The van der Waals surface area contributed by atoms with E-state index in [1.807, 2.05) is 55.5 Å². The monoisotopic (exact) mass is 594 g/mol. The molecule has 0 spiro atoms. The van der Waals surface area contributed by atoms with E-state index in [0.717, 1.165) is 21.8 Å². The number of hydrogen-bond donors (Lipinski definition) is 1. The number of aromatic nitrogens is 3. The standard InChI is InChI=1S/C28H21F3N6O2S2/c1-18-5-2-3-8-23(18)37-25(38)16-41-26(37)14-24(40)34-33-15-19-6-4-7-20(13-19)27-32-17-36(35-27)21-9-11-22(12-10-21)39-28(29,30)31/h2-15,17H,16H2,1H3,(H,34,40)/b26-14-,33-15+. The first kappa shape index (κ1) is 28.1. The smallest absolute Gasteiger partial charge is 0.406 e. The molecule has 1 saturated heterocycles. The minimum absolute atomic E-state index is 0.0118. The Morgan fingerprint density at radius 1 is 1.12 bits per heavy atom. The van der Waals surface area contributed by atoms with Crippen molar-refractivity contribution in [3.8, 4) is 22.8 Å². The number of carbonyl (C=O) groups excluding carboxylic acids is 1. The van der Waals surface area contributed by atoms with Crippen molar-refractivity contribution in [2.24, 2.45) is 5.10 Å². The molecule has 1 N–H and O–H groups in total. The second kappa shape index (κ2) is 11.9. The molecule has 0 atom stereocenters. The second-order valence-electron chi connectivity index (χ2n) is 8.70. The van der Waals surface area contributed by atoms with Crippen molar-refractivity contribution in [1.29, 1.82) is 0 Å². The van der Waals surface area contributed by atoms with Crippen LogP contribution >= 0.6 is 24.0 Å². The number of nitrogens with one attached hydrogen (secondary N) is 1. The molecule has 1 amide bonds. The van der Waals surface area contributed by atoms with Gasteiger partial charge in [-0.05, 0) is 54.4 Å². The van der Waals surface area contributed by atoms with Gasteiger partial charge in [0.1, 0.15) is 17.1 Å². The van der Waals surface area contributed by atoms with Gasteiger partial charge in [-0.2, -0.15) is 5.10 Å². The van der Waals surface area contributed by atoms with Crippen LogP contribution in [0.3, 0.4) is 0 Å². The van der Waals surface area contributed by atoms with Crippen molar-refractivity contribution in [2.45, 2.75) is 13.3 Å². The summed E-state index contributed by atoms with van der Waals surface area (Å²) in [6, 6.07) is 20.3. The number of thioether (sulfide) groups is 1. The highest BCUT2D eigenvalue weighted by atomic mass is 32.2. The molecule has 5 rings (SSSR count). The third-order valence-electron chi connectivity index (χ3n) is 5.78. The summed E-state index contributed by atoms with van der Waals surface area (Å²) in [5.41, 5.74) is 6.61. The summed E-state index contributed by atoms with van der Waals surface area (Å²) in [7, 11) is 0. The number of amides is 1. The lowest BCUT2D eigenvalue weighted by atomic mass is 10.1. The Labute approximate surface area is 242 Å². The average molecular weight is 595 g/mol. The third-order valence-corrected chi connectivity index (χ3v) is 6.98. The van der Waals surface area contributed by atoms with E-state index in [1.54, 1.807) is 17.2 Å². The second-order valence-corrected chi connectivity index (χ2v) is 10.1. The molecule has 1 aromatic heterocycles. The molecule has 0 bridgehead atoms. The van der Waals surface area contributed by atoms with Crippen LogP contribution in [0.4, 0.5) is 18.9 Å². The molecule has 208 valence electrons. The summed E-state index contributed by atoms with van der Waals surface area (Å²) in [5, 5.41) is 9.38. The number of aryl methyl sites for hydroxylation is 1. The van der Waals surface area contributed by atoms with Crippen molar-refractivity contribution in [1.82, 2.24) is 20.2 Å². The Kier molecular flexibility index (Phi) is 8.17. The number of hydrogen-bond acceptors (Lipinski definition) is 7. The molecule has 1 aliphatic rings. The molecular formula is C28H21F3N6O2S2. The number of anilines is 1. The first-order valence-electron chi connectivity index (χ1n) is 12.1. The van der Waals surface area contributed by atoms with Gasteiger partial charge in [0, 0.05) is 11.6 Å². The van der Waals surface area contributed by atoms with Gasteiger partial charge in [0.15, 0.2) is 5.82 Å². The van der Waals surface area contributed by atoms with Crippen molar-refractivity contribution in [3.63, 3.8) is 0 Å². The fourth-order valence-corrected chi connectivity index (χ4v) is 5.12. The van der Waals surface area contributed by atoms with Crippen molar-refractivity contribution in [2.75, 3.05) is 10.7 Å². The summed E-state index contributed by atoms with van der Waals surface area (Å²) < 4.78 is 42.6. The quantitative estimate of drug-likeness (QED) is 0.121. The third kappa shape index (κ3) is 6.99.